The van der Waals surface area contributed by atoms with Gasteiger partial charge in [-0.05, 0) is 78.5 Å². The summed E-state index contributed by atoms with van der Waals surface area (Å²) in [5.41, 5.74) is 4.39. The van der Waals surface area contributed by atoms with Gasteiger partial charge < -0.3 is 5.11 Å². The average molecular weight is 369 g/mol. The van der Waals surface area contributed by atoms with Gasteiger partial charge in [0, 0.05) is 5.02 Å². The average Bonchev–Trinajstić information content (AvgIpc) is 2.60. The molecule has 138 valence electrons. The molecular weight excluding hydrogens is 340 g/mol. The molecule has 2 heteroatoms. The first-order valence-corrected chi connectivity index (χ1v) is 10.00. The second-order valence-corrected chi connectivity index (χ2v) is 8.40. The monoisotopic (exact) mass is 368 g/mol. The molecule has 3 atom stereocenters. The molecule has 1 aliphatic carbocycles. The Hall–Kier alpha value is -1.57. The van der Waals surface area contributed by atoms with Gasteiger partial charge in [0.1, 0.15) is 5.60 Å². The minimum absolute atomic E-state index is 0.508. The number of hydrogen-bond donors (Lipinski definition) is 1. The van der Waals surface area contributed by atoms with Crippen LogP contribution in [0.4, 0.5) is 0 Å². The van der Waals surface area contributed by atoms with Crippen LogP contribution in [0.3, 0.4) is 0 Å². The Morgan fingerprint density at radius 3 is 2.62 bits per heavy atom. The van der Waals surface area contributed by atoms with E-state index in [1.807, 2.05) is 25.1 Å². The van der Waals surface area contributed by atoms with Crippen LogP contribution in [0.15, 0.2) is 54.1 Å². The van der Waals surface area contributed by atoms with Gasteiger partial charge in [-0.1, -0.05) is 68.3 Å². The van der Waals surface area contributed by atoms with E-state index in [0.29, 0.717) is 16.9 Å². The van der Waals surface area contributed by atoms with E-state index < -0.39 is 5.60 Å². The lowest BCUT2D eigenvalue weighted by Crippen LogP contribution is -2.30. The van der Waals surface area contributed by atoms with E-state index >= 15 is 0 Å². The molecular formula is C24H29ClO. The normalized spacial score (nSPS) is 22.6. The first-order valence-electron chi connectivity index (χ1n) is 9.62. The highest BCUT2D eigenvalue weighted by Crippen LogP contribution is 2.44. The van der Waals surface area contributed by atoms with Crippen LogP contribution in [-0.4, -0.2) is 5.11 Å². The molecule has 0 radical (unpaired) electrons. The first-order chi connectivity index (χ1) is 12.3. The largest absolute Gasteiger partial charge is 0.381 e. The molecule has 0 fully saturated rings. The highest BCUT2D eigenvalue weighted by molar-refractivity contribution is 6.30. The molecule has 2 aromatic carbocycles. The van der Waals surface area contributed by atoms with Crippen molar-refractivity contribution in [1.82, 2.24) is 0 Å². The van der Waals surface area contributed by atoms with Gasteiger partial charge >= 0.3 is 0 Å². The van der Waals surface area contributed by atoms with Gasteiger partial charge in [0.25, 0.3) is 0 Å². The molecule has 0 saturated heterocycles. The van der Waals surface area contributed by atoms with Crippen LogP contribution in [0.25, 0.3) is 11.1 Å². The van der Waals surface area contributed by atoms with Crippen molar-refractivity contribution in [3.8, 4) is 11.1 Å². The van der Waals surface area contributed by atoms with Crippen LogP contribution in [0.2, 0.25) is 5.02 Å². The molecule has 1 nitrogen and oxygen atoms in total. The van der Waals surface area contributed by atoms with Crippen LogP contribution in [0.1, 0.15) is 51.2 Å². The van der Waals surface area contributed by atoms with E-state index in [1.54, 1.807) is 0 Å². The fourth-order valence-corrected chi connectivity index (χ4v) is 4.63. The quantitative estimate of drug-likeness (QED) is 0.581. The SMILES string of the molecule is CCC1CC(C(C)(O)c2c(C)cccc2-c2cccc(Cl)c2)=CC(C)C1. The van der Waals surface area contributed by atoms with Crippen molar-refractivity contribution in [2.24, 2.45) is 11.8 Å². The molecule has 0 saturated carbocycles. The third-order valence-corrected chi connectivity index (χ3v) is 6.03. The fourth-order valence-electron chi connectivity index (χ4n) is 4.44. The number of rotatable bonds is 4. The summed E-state index contributed by atoms with van der Waals surface area (Å²) in [7, 11) is 0. The Morgan fingerprint density at radius 1 is 1.19 bits per heavy atom. The van der Waals surface area contributed by atoms with E-state index in [1.165, 1.54) is 6.42 Å². The van der Waals surface area contributed by atoms with Crippen molar-refractivity contribution >= 4 is 11.6 Å². The van der Waals surface area contributed by atoms with E-state index in [0.717, 1.165) is 40.7 Å². The van der Waals surface area contributed by atoms with E-state index in [4.69, 9.17) is 11.6 Å². The molecule has 3 unspecified atom stereocenters. The number of aryl methyl sites for hydroxylation is 1. The van der Waals surface area contributed by atoms with Crippen LogP contribution >= 0.6 is 11.6 Å². The molecule has 1 aliphatic rings. The highest BCUT2D eigenvalue weighted by atomic mass is 35.5. The number of hydrogen-bond acceptors (Lipinski definition) is 1. The van der Waals surface area contributed by atoms with Gasteiger partial charge in [0.15, 0.2) is 0 Å². The minimum atomic E-state index is -0.981. The molecule has 0 amide bonds. The summed E-state index contributed by atoms with van der Waals surface area (Å²) in [5.74, 6) is 1.16. The van der Waals surface area contributed by atoms with Crippen LogP contribution < -0.4 is 0 Å². The Bertz CT molecular complexity index is 819. The van der Waals surface area contributed by atoms with Crippen molar-refractivity contribution < 1.29 is 5.11 Å². The zero-order valence-corrected chi connectivity index (χ0v) is 17.0. The lowest BCUT2D eigenvalue weighted by molar-refractivity contribution is 0.0858. The van der Waals surface area contributed by atoms with Crippen molar-refractivity contribution in [1.29, 1.82) is 0 Å². The van der Waals surface area contributed by atoms with Gasteiger partial charge in [-0.15, -0.1) is 0 Å². The number of benzene rings is 2. The van der Waals surface area contributed by atoms with Gasteiger partial charge in [0.2, 0.25) is 0 Å². The molecule has 0 aromatic heterocycles. The summed E-state index contributed by atoms with van der Waals surface area (Å²) < 4.78 is 0. The summed E-state index contributed by atoms with van der Waals surface area (Å²) in [6.45, 7) is 8.55. The van der Waals surface area contributed by atoms with E-state index in [2.05, 4.69) is 51.1 Å². The summed E-state index contributed by atoms with van der Waals surface area (Å²) >= 11 is 6.23. The lowest BCUT2D eigenvalue weighted by Gasteiger charge is -2.36. The fraction of sp³-hybridized carbons (Fsp3) is 0.417. The molecule has 3 rings (SSSR count). The second-order valence-electron chi connectivity index (χ2n) is 7.96. The Balaban J connectivity index is 2.13. The van der Waals surface area contributed by atoms with Gasteiger partial charge in [-0.2, -0.15) is 0 Å². The number of allylic oxidation sites excluding steroid dienone is 1. The standard InChI is InChI=1S/C24H29ClO/c1-5-18-12-16(2)13-20(14-18)24(4,26)23-17(3)8-6-11-22(23)19-9-7-10-21(25)15-19/h6-11,13,15-16,18,26H,5,12,14H2,1-4H3. The molecule has 0 spiro atoms. The molecule has 2 aromatic rings. The van der Waals surface area contributed by atoms with Crippen molar-refractivity contribution in [2.75, 3.05) is 0 Å². The Morgan fingerprint density at radius 2 is 1.92 bits per heavy atom. The topological polar surface area (TPSA) is 20.2 Å². The molecule has 0 heterocycles. The maximum absolute atomic E-state index is 11.7. The minimum Gasteiger partial charge on any atom is -0.381 e. The lowest BCUT2D eigenvalue weighted by atomic mass is 9.72. The van der Waals surface area contributed by atoms with Gasteiger partial charge in [-0.25, -0.2) is 0 Å². The highest BCUT2D eigenvalue weighted by Gasteiger charge is 2.35. The zero-order chi connectivity index (χ0) is 18.9. The maximum atomic E-state index is 11.7. The third kappa shape index (κ3) is 3.75. The van der Waals surface area contributed by atoms with Crippen molar-refractivity contribution in [3.63, 3.8) is 0 Å². The van der Waals surface area contributed by atoms with E-state index in [9.17, 15) is 5.11 Å². The summed E-state index contributed by atoms with van der Waals surface area (Å²) in [6, 6.07) is 14.1. The molecule has 0 bridgehead atoms. The number of aliphatic hydroxyl groups is 1. The van der Waals surface area contributed by atoms with Gasteiger partial charge in [0.05, 0.1) is 0 Å². The van der Waals surface area contributed by atoms with Crippen molar-refractivity contribution in [3.05, 3.63) is 70.3 Å². The Kier molecular flexibility index (Phi) is 5.60. The predicted octanol–water partition coefficient (Wildman–Crippen LogP) is 6.91. The third-order valence-electron chi connectivity index (χ3n) is 5.80. The molecule has 0 aliphatic heterocycles. The zero-order valence-electron chi connectivity index (χ0n) is 16.2. The van der Waals surface area contributed by atoms with Crippen LogP contribution in [0.5, 0.6) is 0 Å². The maximum Gasteiger partial charge on any atom is 0.109 e. The second kappa shape index (κ2) is 7.58. The first kappa shape index (κ1) is 19.2. The van der Waals surface area contributed by atoms with E-state index in [-0.39, 0.29) is 0 Å². The summed E-state index contributed by atoms with van der Waals surface area (Å²) in [6.07, 6.45) is 5.63. The van der Waals surface area contributed by atoms with Crippen molar-refractivity contribution in [2.45, 2.75) is 52.6 Å². The summed E-state index contributed by atoms with van der Waals surface area (Å²) in [4.78, 5) is 0. The van der Waals surface area contributed by atoms with Gasteiger partial charge in [-0.3, -0.25) is 0 Å². The smallest absolute Gasteiger partial charge is 0.109 e. The van der Waals surface area contributed by atoms with Crippen LogP contribution in [-0.2, 0) is 5.60 Å². The number of halogens is 1. The summed E-state index contributed by atoms with van der Waals surface area (Å²) in [5, 5.41) is 12.4. The molecule has 1 N–H and O–H groups in total. The van der Waals surface area contributed by atoms with Crippen LogP contribution in [0, 0.1) is 18.8 Å². The Labute approximate surface area is 162 Å². The molecule has 26 heavy (non-hydrogen) atoms. The predicted molar refractivity (Wildman–Crippen MR) is 111 cm³/mol.